The highest BCUT2D eigenvalue weighted by Gasteiger charge is 2.06. The third kappa shape index (κ3) is 5.74. The molecule has 0 fully saturated rings. The van der Waals surface area contributed by atoms with E-state index in [9.17, 15) is 9.59 Å². The summed E-state index contributed by atoms with van der Waals surface area (Å²) in [5.41, 5.74) is 4.98. The largest absolute Gasteiger partial charge is 0.347 e. The highest BCUT2D eigenvalue weighted by molar-refractivity contribution is 5.99. The molecule has 0 aliphatic heterocycles. The van der Waals surface area contributed by atoms with E-state index in [1.54, 1.807) is 0 Å². The SMILES string of the molecule is CC(=NNC(=O)CNC(=O)Cc1ccccc1)c1ccccc1. The van der Waals surface area contributed by atoms with Gasteiger partial charge in [0.1, 0.15) is 0 Å². The summed E-state index contributed by atoms with van der Waals surface area (Å²) in [6, 6.07) is 18.9. The van der Waals surface area contributed by atoms with E-state index in [4.69, 9.17) is 0 Å². The molecule has 0 aliphatic carbocycles. The monoisotopic (exact) mass is 309 g/mol. The van der Waals surface area contributed by atoms with Crippen LogP contribution in [-0.2, 0) is 16.0 Å². The molecule has 2 N–H and O–H groups in total. The molecule has 0 unspecified atom stereocenters. The molecule has 2 aromatic carbocycles. The van der Waals surface area contributed by atoms with E-state index in [0.717, 1.165) is 11.1 Å². The quantitative estimate of drug-likeness (QED) is 0.632. The van der Waals surface area contributed by atoms with Crippen LogP contribution in [0.4, 0.5) is 0 Å². The lowest BCUT2D eigenvalue weighted by atomic mass is 10.1. The summed E-state index contributed by atoms with van der Waals surface area (Å²) in [5.74, 6) is -0.559. The first-order chi connectivity index (χ1) is 11.1. The molecule has 0 saturated heterocycles. The van der Waals surface area contributed by atoms with Crippen LogP contribution in [0.5, 0.6) is 0 Å². The molecular weight excluding hydrogens is 290 g/mol. The maximum atomic E-state index is 11.7. The summed E-state index contributed by atoms with van der Waals surface area (Å²) in [6.07, 6.45) is 0.250. The molecule has 5 heteroatoms. The zero-order valence-corrected chi connectivity index (χ0v) is 13.0. The van der Waals surface area contributed by atoms with Crippen molar-refractivity contribution in [2.75, 3.05) is 6.54 Å². The van der Waals surface area contributed by atoms with Crippen molar-refractivity contribution in [3.05, 3.63) is 71.8 Å². The number of hydrogen-bond donors (Lipinski definition) is 2. The molecule has 0 aliphatic rings. The molecule has 0 bridgehead atoms. The molecule has 0 aromatic heterocycles. The molecule has 118 valence electrons. The summed E-state index contributed by atoms with van der Waals surface area (Å²) in [6.45, 7) is 1.71. The third-order valence-corrected chi connectivity index (χ3v) is 3.19. The predicted octanol–water partition coefficient (Wildman–Crippen LogP) is 1.89. The number of carbonyl (C=O) groups is 2. The first kappa shape index (κ1) is 16.4. The normalized spacial score (nSPS) is 10.9. The number of benzene rings is 2. The van der Waals surface area contributed by atoms with Crippen LogP contribution in [0.3, 0.4) is 0 Å². The highest BCUT2D eigenvalue weighted by Crippen LogP contribution is 2.00. The number of hydrazone groups is 1. The fraction of sp³-hybridized carbons (Fsp3) is 0.167. The van der Waals surface area contributed by atoms with Gasteiger partial charge in [0.05, 0.1) is 18.7 Å². The lowest BCUT2D eigenvalue weighted by Crippen LogP contribution is -2.36. The summed E-state index contributed by atoms with van der Waals surface area (Å²) >= 11 is 0. The standard InChI is InChI=1S/C18H19N3O2/c1-14(16-10-6-3-7-11-16)20-21-18(23)13-19-17(22)12-15-8-4-2-5-9-15/h2-11H,12-13H2,1H3,(H,19,22)(H,21,23). The van der Waals surface area contributed by atoms with Crippen LogP contribution in [0.1, 0.15) is 18.1 Å². The first-order valence-corrected chi connectivity index (χ1v) is 7.34. The molecule has 2 aromatic rings. The van der Waals surface area contributed by atoms with Gasteiger partial charge in [-0.1, -0.05) is 60.7 Å². The molecule has 5 nitrogen and oxygen atoms in total. The second kappa shape index (κ2) is 8.48. The molecule has 0 saturated carbocycles. The number of carbonyl (C=O) groups excluding carboxylic acids is 2. The van der Waals surface area contributed by atoms with E-state index >= 15 is 0 Å². The Morgan fingerprint density at radius 1 is 0.913 bits per heavy atom. The Hall–Kier alpha value is -2.95. The molecule has 0 atom stereocenters. The minimum Gasteiger partial charge on any atom is -0.347 e. The van der Waals surface area contributed by atoms with Gasteiger partial charge in [0, 0.05) is 0 Å². The van der Waals surface area contributed by atoms with Gasteiger partial charge in [0.25, 0.3) is 5.91 Å². The van der Waals surface area contributed by atoms with Gasteiger partial charge in [-0.3, -0.25) is 9.59 Å². The van der Waals surface area contributed by atoms with E-state index in [1.165, 1.54) is 0 Å². The van der Waals surface area contributed by atoms with Gasteiger partial charge < -0.3 is 5.32 Å². The number of nitrogens with zero attached hydrogens (tertiary/aromatic N) is 1. The van der Waals surface area contributed by atoms with Crippen LogP contribution >= 0.6 is 0 Å². The van der Waals surface area contributed by atoms with Gasteiger partial charge in [-0.05, 0) is 18.1 Å². The summed E-state index contributed by atoms with van der Waals surface area (Å²) in [4.78, 5) is 23.5. The molecule has 23 heavy (non-hydrogen) atoms. The Kier molecular flexibility index (Phi) is 6.06. The zero-order valence-electron chi connectivity index (χ0n) is 13.0. The van der Waals surface area contributed by atoms with Crippen molar-refractivity contribution in [1.82, 2.24) is 10.7 Å². The maximum absolute atomic E-state index is 11.7. The van der Waals surface area contributed by atoms with Crippen molar-refractivity contribution in [3.8, 4) is 0 Å². The number of amides is 2. The van der Waals surface area contributed by atoms with Gasteiger partial charge in [0.2, 0.25) is 5.91 Å². The average molecular weight is 309 g/mol. The predicted molar refractivity (Wildman–Crippen MR) is 90.0 cm³/mol. The van der Waals surface area contributed by atoms with Gasteiger partial charge in [0.15, 0.2) is 0 Å². The summed E-state index contributed by atoms with van der Waals surface area (Å²) in [7, 11) is 0. The summed E-state index contributed by atoms with van der Waals surface area (Å²) < 4.78 is 0. The Labute approximate surface area is 135 Å². The van der Waals surface area contributed by atoms with E-state index < -0.39 is 0 Å². The topological polar surface area (TPSA) is 70.6 Å². The first-order valence-electron chi connectivity index (χ1n) is 7.34. The highest BCUT2D eigenvalue weighted by atomic mass is 16.2. The fourth-order valence-electron chi connectivity index (χ4n) is 1.95. The van der Waals surface area contributed by atoms with Crippen LogP contribution in [-0.4, -0.2) is 24.1 Å². The Morgan fingerprint density at radius 2 is 1.52 bits per heavy atom. The van der Waals surface area contributed by atoms with Crippen LogP contribution in [0.25, 0.3) is 0 Å². The number of hydrogen-bond acceptors (Lipinski definition) is 3. The smallest absolute Gasteiger partial charge is 0.259 e. The molecule has 0 heterocycles. The van der Waals surface area contributed by atoms with Crippen LogP contribution in [0, 0.1) is 0 Å². The Bertz CT molecular complexity index is 682. The zero-order chi connectivity index (χ0) is 16.5. The second-order valence-electron chi connectivity index (χ2n) is 5.04. The van der Waals surface area contributed by atoms with Crippen molar-refractivity contribution in [1.29, 1.82) is 0 Å². The van der Waals surface area contributed by atoms with Crippen molar-refractivity contribution in [2.45, 2.75) is 13.3 Å². The van der Waals surface area contributed by atoms with E-state index in [0.29, 0.717) is 5.71 Å². The maximum Gasteiger partial charge on any atom is 0.259 e. The van der Waals surface area contributed by atoms with Crippen molar-refractivity contribution < 1.29 is 9.59 Å². The lowest BCUT2D eigenvalue weighted by Gasteiger charge is -2.05. The third-order valence-electron chi connectivity index (χ3n) is 3.19. The van der Waals surface area contributed by atoms with Crippen molar-refractivity contribution in [3.63, 3.8) is 0 Å². The number of nitrogens with one attached hydrogen (secondary N) is 2. The Balaban J connectivity index is 1.76. The molecule has 0 spiro atoms. The minimum atomic E-state index is -0.360. The molecule has 0 radical (unpaired) electrons. The minimum absolute atomic E-state index is 0.1000. The molecule has 2 rings (SSSR count). The van der Waals surface area contributed by atoms with Gasteiger partial charge in [-0.25, -0.2) is 5.43 Å². The lowest BCUT2D eigenvalue weighted by molar-refractivity contribution is -0.125. The van der Waals surface area contributed by atoms with Gasteiger partial charge in [-0.2, -0.15) is 5.10 Å². The Morgan fingerprint density at radius 3 is 2.17 bits per heavy atom. The van der Waals surface area contributed by atoms with Crippen LogP contribution in [0.15, 0.2) is 65.8 Å². The van der Waals surface area contributed by atoms with Gasteiger partial charge in [-0.15, -0.1) is 0 Å². The van der Waals surface area contributed by atoms with Crippen LogP contribution in [0.2, 0.25) is 0 Å². The van der Waals surface area contributed by atoms with E-state index in [-0.39, 0.29) is 24.8 Å². The second-order valence-corrected chi connectivity index (χ2v) is 5.04. The van der Waals surface area contributed by atoms with Crippen molar-refractivity contribution >= 4 is 17.5 Å². The number of rotatable bonds is 6. The van der Waals surface area contributed by atoms with E-state index in [1.807, 2.05) is 67.6 Å². The fourth-order valence-corrected chi connectivity index (χ4v) is 1.95. The van der Waals surface area contributed by atoms with Crippen LogP contribution < -0.4 is 10.7 Å². The van der Waals surface area contributed by atoms with E-state index in [2.05, 4.69) is 15.8 Å². The summed E-state index contributed by atoms with van der Waals surface area (Å²) in [5, 5.41) is 6.60. The van der Waals surface area contributed by atoms with Crippen molar-refractivity contribution in [2.24, 2.45) is 5.10 Å². The molecular formula is C18H19N3O2. The average Bonchev–Trinajstić information content (AvgIpc) is 2.59. The molecule has 2 amide bonds. The van der Waals surface area contributed by atoms with Gasteiger partial charge >= 0.3 is 0 Å².